The van der Waals surface area contributed by atoms with E-state index in [0.717, 1.165) is 6.42 Å². The van der Waals surface area contributed by atoms with Crippen LogP contribution in [0.5, 0.6) is 0 Å². The molecule has 1 rings (SSSR count). The molecule has 0 aromatic carbocycles. The Labute approximate surface area is 182 Å². The van der Waals surface area contributed by atoms with Gasteiger partial charge >= 0.3 is 0 Å². The summed E-state index contributed by atoms with van der Waals surface area (Å²) >= 11 is 0. The van der Waals surface area contributed by atoms with Crippen molar-refractivity contribution in [2.24, 2.45) is 16.7 Å². The Morgan fingerprint density at radius 3 is 2.16 bits per heavy atom. The average molecular weight is 425 g/mol. The Kier molecular flexibility index (Phi) is 15.1. The van der Waals surface area contributed by atoms with E-state index < -0.39 is 0 Å². The van der Waals surface area contributed by atoms with Gasteiger partial charge in [-0.05, 0) is 37.5 Å². The van der Waals surface area contributed by atoms with E-state index >= 15 is 0 Å². The molecule has 145 valence electrons. The van der Waals surface area contributed by atoms with Crippen LogP contribution in [-0.2, 0) is 42.2 Å². The second-order valence-electron chi connectivity index (χ2n) is 9.05. The van der Waals surface area contributed by atoms with Gasteiger partial charge in [0.2, 0.25) is 0 Å². The standard InChI is InChI=1S/C12H23O.C10H17O.Y/c1-9(8-11(2,3)4)10(13)12(5,6)7;1-2-11-10-8-6-4-3-5-7-9-10;/h9H,1,8H2,2-7H3;3-4,10H,1-2,5-9H2;/q2*-1;/b;4-3+;. The van der Waals surface area contributed by atoms with Crippen molar-refractivity contribution in [1.29, 1.82) is 0 Å². The van der Waals surface area contributed by atoms with E-state index in [4.69, 9.17) is 4.74 Å². The summed E-state index contributed by atoms with van der Waals surface area (Å²) < 4.78 is 5.47. The van der Waals surface area contributed by atoms with Crippen LogP contribution in [0.25, 0.3) is 0 Å². The van der Waals surface area contributed by atoms with Gasteiger partial charge in [0.05, 0.1) is 6.10 Å². The Morgan fingerprint density at radius 1 is 1.12 bits per heavy atom. The van der Waals surface area contributed by atoms with Crippen molar-refractivity contribution in [2.45, 2.75) is 86.2 Å². The molecule has 0 N–H and O–H groups in total. The Balaban J connectivity index is 0. The Bertz CT molecular complexity index is 374. The molecule has 1 aliphatic carbocycles. The molecule has 1 aliphatic rings. The number of carbonyl (C=O) groups excluding carboxylic acids is 1. The quantitative estimate of drug-likeness (QED) is 0.395. The molecule has 0 amide bonds. The van der Waals surface area contributed by atoms with Gasteiger partial charge in [0.1, 0.15) is 5.78 Å². The smallest absolute Gasteiger partial charge is 0.111 e. The van der Waals surface area contributed by atoms with Gasteiger partial charge < -0.3 is 23.4 Å². The van der Waals surface area contributed by atoms with Crippen LogP contribution in [0.1, 0.15) is 80.1 Å². The summed E-state index contributed by atoms with van der Waals surface area (Å²) in [5.41, 5.74) is -0.0645. The molecule has 0 spiro atoms. The molecule has 0 aromatic rings. The number of hydrogen-bond donors (Lipinski definition) is 0. The first kappa shape index (κ1) is 27.7. The first-order valence-corrected chi connectivity index (χ1v) is 9.40. The third-order valence-corrected chi connectivity index (χ3v) is 4.04. The molecule has 0 aliphatic heterocycles. The van der Waals surface area contributed by atoms with E-state index in [2.05, 4.69) is 46.8 Å². The maximum absolute atomic E-state index is 11.8. The Morgan fingerprint density at radius 2 is 1.68 bits per heavy atom. The van der Waals surface area contributed by atoms with E-state index in [1.165, 1.54) is 32.1 Å². The van der Waals surface area contributed by atoms with Crippen LogP contribution < -0.4 is 0 Å². The molecule has 0 saturated heterocycles. The van der Waals surface area contributed by atoms with Gasteiger partial charge in [-0.25, -0.2) is 0 Å². The molecule has 2 atom stereocenters. The summed E-state index contributed by atoms with van der Waals surface area (Å²) in [6.45, 7) is 20.5. The minimum Gasteiger partial charge on any atom is -0.410 e. The summed E-state index contributed by atoms with van der Waals surface area (Å²) in [5.74, 6) is 0.197. The maximum Gasteiger partial charge on any atom is 0.111 e. The molecule has 25 heavy (non-hydrogen) atoms. The topological polar surface area (TPSA) is 26.3 Å². The summed E-state index contributed by atoms with van der Waals surface area (Å²) in [7, 11) is 0. The number of hydrogen-bond acceptors (Lipinski definition) is 2. The summed E-state index contributed by atoms with van der Waals surface area (Å²) in [4.78, 5) is 11.8. The van der Waals surface area contributed by atoms with Crippen LogP contribution in [0, 0.1) is 30.6 Å². The molecule has 0 saturated carbocycles. The zero-order valence-electron chi connectivity index (χ0n) is 17.6. The van der Waals surface area contributed by atoms with Crippen molar-refractivity contribution in [2.75, 3.05) is 6.61 Å². The first-order chi connectivity index (χ1) is 11.0. The minimum atomic E-state index is -0.252. The van der Waals surface area contributed by atoms with Crippen LogP contribution in [0.2, 0.25) is 0 Å². The number of carbonyl (C=O) groups is 1. The second kappa shape index (κ2) is 13.6. The summed E-state index contributed by atoms with van der Waals surface area (Å²) in [5, 5.41) is 0. The van der Waals surface area contributed by atoms with Crippen LogP contribution in [0.15, 0.2) is 12.2 Å². The number of ketones is 1. The van der Waals surface area contributed by atoms with Gasteiger partial charge in [-0.1, -0.05) is 66.7 Å². The van der Waals surface area contributed by atoms with Crippen molar-refractivity contribution < 1.29 is 42.2 Å². The van der Waals surface area contributed by atoms with E-state index in [9.17, 15) is 4.79 Å². The fourth-order valence-corrected chi connectivity index (χ4v) is 2.90. The molecule has 0 heterocycles. The number of allylic oxidation sites excluding steroid dienone is 2. The zero-order valence-corrected chi connectivity index (χ0v) is 20.4. The fraction of sp³-hybridized carbons (Fsp3) is 0.773. The summed E-state index contributed by atoms with van der Waals surface area (Å²) in [6, 6.07) is 0. The van der Waals surface area contributed by atoms with Crippen molar-refractivity contribution >= 4 is 5.78 Å². The third kappa shape index (κ3) is 15.2. The number of Topliss-reactive ketones (excluding diaryl/α,β-unsaturated/α-hetero) is 1. The van der Waals surface area contributed by atoms with Crippen molar-refractivity contribution in [3.8, 4) is 0 Å². The molecular formula is C22H40O2Y-2. The third-order valence-electron chi connectivity index (χ3n) is 4.04. The van der Waals surface area contributed by atoms with Gasteiger partial charge in [-0.3, -0.25) is 0 Å². The first-order valence-electron chi connectivity index (χ1n) is 9.40. The molecule has 0 bridgehead atoms. The number of ether oxygens (including phenoxy) is 1. The second-order valence-corrected chi connectivity index (χ2v) is 9.05. The molecule has 1 radical (unpaired) electrons. The summed E-state index contributed by atoms with van der Waals surface area (Å²) in [6.07, 6.45) is 11.9. The molecular weight excluding hydrogens is 385 g/mol. The fourth-order valence-electron chi connectivity index (χ4n) is 2.90. The molecule has 0 aromatic heterocycles. The normalized spacial score (nSPS) is 20.9. The molecule has 0 fully saturated rings. The monoisotopic (exact) mass is 425 g/mol. The maximum atomic E-state index is 11.8. The minimum absolute atomic E-state index is 0. The van der Waals surface area contributed by atoms with Crippen molar-refractivity contribution in [3.63, 3.8) is 0 Å². The van der Waals surface area contributed by atoms with Gasteiger partial charge in [0.25, 0.3) is 0 Å². The largest absolute Gasteiger partial charge is 0.410 e. The predicted molar refractivity (Wildman–Crippen MR) is 105 cm³/mol. The van der Waals surface area contributed by atoms with Crippen molar-refractivity contribution in [3.05, 3.63) is 26.0 Å². The van der Waals surface area contributed by atoms with Crippen LogP contribution >= 0.6 is 0 Å². The molecule has 3 heteroatoms. The van der Waals surface area contributed by atoms with Crippen LogP contribution in [0.3, 0.4) is 0 Å². The van der Waals surface area contributed by atoms with E-state index in [1.54, 1.807) is 0 Å². The van der Waals surface area contributed by atoms with E-state index in [-0.39, 0.29) is 55.2 Å². The van der Waals surface area contributed by atoms with E-state index in [1.807, 2.05) is 20.8 Å². The zero-order chi connectivity index (χ0) is 18.8. The SMILES string of the molecule is [CH2-]C(CC(C)(C)C)C(=O)C(C)(C)C.[CH2-]COC1CC/C=C/CCC1.[Y]. The number of rotatable bonds is 4. The van der Waals surface area contributed by atoms with Gasteiger partial charge in [0.15, 0.2) is 0 Å². The van der Waals surface area contributed by atoms with Gasteiger partial charge in [-0.15, -0.1) is 5.92 Å². The molecule has 2 unspecified atom stereocenters. The van der Waals surface area contributed by atoms with Crippen LogP contribution in [-0.4, -0.2) is 18.5 Å². The van der Waals surface area contributed by atoms with Crippen LogP contribution in [0.4, 0.5) is 0 Å². The van der Waals surface area contributed by atoms with Crippen molar-refractivity contribution in [1.82, 2.24) is 0 Å². The predicted octanol–water partition coefficient (Wildman–Crippen LogP) is 6.21. The van der Waals surface area contributed by atoms with E-state index in [0.29, 0.717) is 12.7 Å². The molecule has 2 nitrogen and oxygen atoms in total. The average Bonchev–Trinajstić information content (AvgIpc) is 2.38. The Hall–Kier alpha value is 0.474. The van der Waals surface area contributed by atoms with Gasteiger partial charge in [-0.2, -0.15) is 0 Å². The van der Waals surface area contributed by atoms with Gasteiger partial charge in [0, 0.05) is 38.1 Å².